The van der Waals surface area contributed by atoms with Gasteiger partial charge in [-0.2, -0.15) is 0 Å². The van der Waals surface area contributed by atoms with Gasteiger partial charge in [0.25, 0.3) is 0 Å². The van der Waals surface area contributed by atoms with Gasteiger partial charge in [-0.05, 0) is 74.6 Å². The van der Waals surface area contributed by atoms with Crippen molar-refractivity contribution in [1.29, 1.82) is 0 Å². The quantitative estimate of drug-likeness (QED) is 0.849. The predicted molar refractivity (Wildman–Crippen MR) is 89.8 cm³/mol. The van der Waals surface area contributed by atoms with Gasteiger partial charge in [0.1, 0.15) is 5.75 Å². The standard InChI is InChI=1S/C19H31NO/c1-14(2)15-9-10-17(13-20-3)18(11-15)12-16-7-5-6-8-19(16)21-4/h5-8,14-15,17-18,20H,9-13H2,1-4H3. The Bertz CT molecular complexity index is 429. The van der Waals surface area contributed by atoms with Crippen LogP contribution in [0.25, 0.3) is 0 Å². The molecular formula is C19H31NO. The molecule has 2 heteroatoms. The first-order valence-corrected chi connectivity index (χ1v) is 8.42. The summed E-state index contributed by atoms with van der Waals surface area (Å²) in [6.07, 6.45) is 5.28. The Kier molecular flexibility index (Phi) is 6.10. The van der Waals surface area contributed by atoms with Crippen LogP contribution in [0.4, 0.5) is 0 Å². The van der Waals surface area contributed by atoms with E-state index in [0.29, 0.717) is 0 Å². The SMILES string of the molecule is CNCC1CCC(C(C)C)CC1Cc1ccccc1OC. The lowest BCUT2D eigenvalue weighted by Gasteiger charge is -2.38. The second-order valence-corrected chi connectivity index (χ2v) is 6.91. The van der Waals surface area contributed by atoms with Crippen molar-refractivity contribution in [3.63, 3.8) is 0 Å². The molecule has 0 amide bonds. The highest BCUT2D eigenvalue weighted by atomic mass is 16.5. The molecule has 0 aromatic heterocycles. The van der Waals surface area contributed by atoms with Crippen molar-refractivity contribution in [2.75, 3.05) is 20.7 Å². The van der Waals surface area contributed by atoms with Crippen molar-refractivity contribution in [3.05, 3.63) is 29.8 Å². The zero-order valence-electron chi connectivity index (χ0n) is 14.1. The largest absolute Gasteiger partial charge is 0.496 e. The van der Waals surface area contributed by atoms with Crippen molar-refractivity contribution in [2.45, 2.75) is 39.5 Å². The molecule has 0 bridgehead atoms. The Labute approximate surface area is 130 Å². The van der Waals surface area contributed by atoms with Crippen molar-refractivity contribution < 1.29 is 4.74 Å². The molecule has 21 heavy (non-hydrogen) atoms. The van der Waals surface area contributed by atoms with E-state index >= 15 is 0 Å². The van der Waals surface area contributed by atoms with Crippen LogP contribution in [0.15, 0.2) is 24.3 Å². The topological polar surface area (TPSA) is 21.3 Å². The van der Waals surface area contributed by atoms with Gasteiger partial charge in [0.15, 0.2) is 0 Å². The molecule has 0 spiro atoms. The maximum absolute atomic E-state index is 5.54. The monoisotopic (exact) mass is 289 g/mol. The van der Waals surface area contributed by atoms with E-state index in [1.165, 1.54) is 24.8 Å². The lowest BCUT2D eigenvalue weighted by Crippen LogP contribution is -2.34. The first-order valence-electron chi connectivity index (χ1n) is 8.42. The Balaban J connectivity index is 2.11. The zero-order chi connectivity index (χ0) is 15.2. The maximum atomic E-state index is 5.54. The fourth-order valence-electron chi connectivity index (χ4n) is 3.90. The fourth-order valence-corrected chi connectivity index (χ4v) is 3.90. The highest BCUT2D eigenvalue weighted by Crippen LogP contribution is 2.39. The van der Waals surface area contributed by atoms with Crippen molar-refractivity contribution in [3.8, 4) is 5.75 Å². The maximum Gasteiger partial charge on any atom is 0.122 e. The molecule has 1 aromatic carbocycles. The Hall–Kier alpha value is -1.02. The van der Waals surface area contributed by atoms with Crippen LogP contribution in [0.5, 0.6) is 5.75 Å². The molecule has 2 rings (SSSR count). The lowest BCUT2D eigenvalue weighted by molar-refractivity contribution is 0.145. The molecule has 0 saturated heterocycles. The Morgan fingerprint density at radius 2 is 1.95 bits per heavy atom. The molecule has 118 valence electrons. The number of benzene rings is 1. The molecule has 1 N–H and O–H groups in total. The first kappa shape index (κ1) is 16.4. The molecular weight excluding hydrogens is 258 g/mol. The average molecular weight is 289 g/mol. The molecule has 1 aliphatic rings. The Morgan fingerprint density at radius 3 is 2.62 bits per heavy atom. The minimum Gasteiger partial charge on any atom is -0.496 e. The van der Waals surface area contributed by atoms with Gasteiger partial charge in [-0.1, -0.05) is 32.0 Å². The number of para-hydroxylation sites is 1. The summed E-state index contributed by atoms with van der Waals surface area (Å²) in [5.41, 5.74) is 1.37. The van der Waals surface area contributed by atoms with Crippen molar-refractivity contribution in [2.24, 2.45) is 23.7 Å². The molecule has 0 heterocycles. The van der Waals surface area contributed by atoms with Gasteiger partial charge < -0.3 is 10.1 Å². The highest BCUT2D eigenvalue weighted by Gasteiger charge is 2.31. The predicted octanol–water partition coefficient (Wildman–Crippen LogP) is 4.15. The van der Waals surface area contributed by atoms with Gasteiger partial charge in [0, 0.05) is 0 Å². The minimum absolute atomic E-state index is 0.773. The summed E-state index contributed by atoms with van der Waals surface area (Å²) >= 11 is 0. The third kappa shape index (κ3) is 4.23. The van der Waals surface area contributed by atoms with E-state index < -0.39 is 0 Å². The summed E-state index contributed by atoms with van der Waals surface area (Å²) < 4.78 is 5.54. The molecule has 1 fully saturated rings. The Morgan fingerprint density at radius 1 is 1.19 bits per heavy atom. The molecule has 1 aromatic rings. The van der Waals surface area contributed by atoms with Crippen LogP contribution < -0.4 is 10.1 Å². The third-order valence-electron chi connectivity index (χ3n) is 5.26. The fraction of sp³-hybridized carbons (Fsp3) is 0.684. The second-order valence-electron chi connectivity index (χ2n) is 6.91. The number of methoxy groups -OCH3 is 1. The molecule has 1 aliphatic carbocycles. The van der Waals surface area contributed by atoms with Gasteiger partial charge >= 0.3 is 0 Å². The van der Waals surface area contributed by atoms with Gasteiger partial charge in [0.05, 0.1) is 7.11 Å². The van der Waals surface area contributed by atoms with E-state index in [1.54, 1.807) is 7.11 Å². The smallest absolute Gasteiger partial charge is 0.122 e. The van der Waals surface area contributed by atoms with Crippen LogP contribution in [-0.4, -0.2) is 20.7 Å². The normalized spacial score (nSPS) is 26.0. The number of rotatable bonds is 6. The number of ether oxygens (including phenoxy) is 1. The van der Waals surface area contributed by atoms with Crippen LogP contribution in [0.3, 0.4) is 0 Å². The van der Waals surface area contributed by atoms with Crippen LogP contribution in [0.1, 0.15) is 38.7 Å². The van der Waals surface area contributed by atoms with Gasteiger partial charge in [-0.3, -0.25) is 0 Å². The third-order valence-corrected chi connectivity index (χ3v) is 5.26. The minimum atomic E-state index is 0.773. The molecule has 1 saturated carbocycles. The molecule has 3 atom stereocenters. The molecule has 2 nitrogen and oxygen atoms in total. The van der Waals surface area contributed by atoms with Crippen LogP contribution >= 0.6 is 0 Å². The summed E-state index contributed by atoms with van der Waals surface area (Å²) in [7, 11) is 3.86. The number of hydrogen-bond donors (Lipinski definition) is 1. The summed E-state index contributed by atoms with van der Waals surface area (Å²) in [4.78, 5) is 0. The van der Waals surface area contributed by atoms with Crippen LogP contribution in [0, 0.1) is 23.7 Å². The highest BCUT2D eigenvalue weighted by molar-refractivity contribution is 5.33. The zero-order valence-corrected chi connectivity index (χ0v) is 14.1. The molecule has 3 unspecified atom stereocenters. The number of nitrogens with one attached hydrogen (secondary N) is 1. The summed E-state index contributed by atoms with van der Waals surface area (Å²) in [6, 6.07) is 8.51. The second kappa shape index (κ2) is 7.84. The average Bonchev–Trinajstić information content (AvgIpc) is 2.49. The van der Waals surface area contributed by atoms with E-state index in [4.69, 9.17) is 4.74 Å². The molecule has 0 aliphatic heterocycles. The summed E-state index contributed by atoms with van der Waals surface area (Å²) in [5, 5.41) is 3.39. The lowest BCUT2D eigenvalue weighted by atomic mass is 9.68. The van der Waals surface area contributed by atoms with E-state index in [2.05, 4.69) is 50.5 Å². The van der Waals surface area contributed by atoms with Crippen molar-refractivity contribution >= 4 is 0 Å². The van der Waals surface area contributed by atoms with E-state index in [1.807, 2.05) is 0 Å². The van der Waals surface area contributed by atoms with E-state index in [0.717, 1.165) is 42.4 Å². The van der Waals surface area contributed by atoms with Gasteiger partial charge in [0.2, 0.25) is 0 Å². The van der Waals surface area contributed by atoms with Crippen LogP contribution in [-0.2, 0) is 6.42 Å². The van der Waals surface area contributed by atoms with Crippen LogP contribution in [0.2, 0.25) is 0 Å². The van der Waals surface area contributed by atoms with Crippen molar-refractivity contribution in [1.82, 2.24) is 5.32 Å². The summed E-state index contributed by atoms with van der Waals surface area (Å²) in [6.45, 7) is 5.90. The van der Waals surface area contributed by atoms with E-state index in [-0.39, 0.29) is 0 Å². The van der Waals surface area contributed by atoms with Gasteiger partial charge in [-0.25, -0.2) is 0 Å². The molecule has 0 radical (unpaired) electrons. The summed E-state index contributed by atoms with van der Waals surface area (Å²) in [5.74, 6) is 4.32. The van der Waals surface area contributed by atoms with E-state index in [9.17, 15) is 0 Å². The van der Waals surface area contributed by atoms with Gasteiger partial charge in [-0.15, -0.1) is 0 Å². The first-order chi connectivity index (χ1) is 10.2. The number of hydrogen-bond acceptors (Lipinski definition) is 2.